The summed E-state index contributed by atoms with van der Waals surface area (Å²) < 4.78 is 13.0. The summed E-state index contributed by atoms with van der Waals surface area (Å²) in [5.41, 5.74) is 2.08. The molecule has 2 aromatic carbocycles. The van der Waals surface area contributed by atoms with Crippen LogP contribution >= 0.6 is 0 Å². The fraction of sp³-hybridized carbons (Fsp3) is 0.167. The van der Waals surface area contributed by atoms with Crippen molar-refractivity contribution in [2.75, 3.05) is 13.2 Å². The van der Waals surface area contributed by atoms with Crippen LogP contribution in [0.3, 0.4) is 0 Å². The normalized spacial score (nSPS) is 10.9. The lowest BCUT2D eigenvalue weighted by molar-refractivity contribution is 0.217. The van der Waals surface area contributed by atoms with Gasteiger partial charge in [-0.2, -0.15) is 5.10 Å². The molecule has 0 unspecified atom stereocenters. The molecule has 0 aliphatic heterocycles. The fourth-order valence-electron chi connectivity index (χ4n) is 2.05. The minimum absolute atomic E-state index is 0.450. The molecule has 0 saturated carbocycles. The molecular weight excluding hydrogens is 304 g/mol. The maximum Gasteiger partial charge on any atom is 0.141 e. The predicted molar refractivity (Wildman–Crippen MR) is 91.6 cm³/mol. The van der Waals surface area contributed by atoms with Gasteiger partial charge in [-0.25, -0.2) is 4.68 Å². The number of nitrogens with zero attached hydrogens (tertiary/aromatic N) is 4. The third-order valence-electron chi connectivity index (χ3n) is 3.29. The molecule has 0 saturated heterocycles. The molecule has 6 nitrogen and oxygen atoms in total. The van der Waals surface area contributed by atoms with Gasteiger partial charge in [0.15, 0.2) is 0 Å². The van der Waals surface area contributed by atoms with E-state index in [1.165, 1.54) is 22.9 Å². The van der Waals surface area contributed by atoms with Crippen molar-refractivity contribution in [2.24, 2.45) is 5.10 Å². The molecule has 3 rings (SSSR count). The average Bonchev–Trinajstić information content (AvgIpc) is 3.13. The molecule has 3 aromatic rings. The van der Waals surface area contributed by atoms with E-state index in [9.17, 15) is 0 Å². The van der Waals surface area contributed by atoms with Gasteiger partial charge in [0.1, 0.15) is 37.4 Å². The maximum absolute atomic E-state index is 5.80. The van der Waals surface area contributed by atoms with Crippen molar-refractivity contribution >= 4 is 6.21 Å². The predicted octanol–water partition coefficient (Wildman–Crippen LogP) is 2.93. The van der Waals surface area contributed by atoms with Crippen molar-refractivity contribution in [2.45, 2.75) is 6.92 Å². The van der Waals surface area contributed by atoms with Crippen LogP contribution in [-0.2, 0) is 0 Å². The van der Waals surface area contributed by atoms with Crippen LogP contribution in [0.25, 0.3) is 0 Å². The standard InChI is InChI=1S/C18H18N4O2/c1-15-6-8-17(9-7-15)23-10-11-24-18-5-3-2-4-16(18)12-21-22-13-19-20-14-22/h2-9,12-14H,10-11H2,1H3/b21-12+. The van der Waals surface area contributed by atoms with Crippen molar-refractivity contribution in [3.05, 3.63) is 72.3 Å². The monoisotopic (exact) mass is 322 g/mol. The Kier molecular flexibility index (Phi) is 5.19. The molecular formula is C18H18N4O2. The summed E-state index contributed by atoms with van der Waals surface area (Å²) in [7, 11) is 0. The molecule has 0 spiro atoms. The highest BCUT2D eigenvalue weighted by molar-refractivity contribution is 5.83. The van der Waals surface area contributed by atoms with Crippen LogP contribution in [0.5, 0.6) is 11.5 Å². The van der Waals surface area contributed by atoms with Gasteiger partial charge in [-0.05, 0) is 31.2 Å². The minimum atomic E-state index is 0.450. The zero-order valence-corrected chi connectivity index (χ0v) is 13.4. The van der Waals surface area contributed by atoms with Gasteiger partial charge in [-0.15, -0.1) is 10.2 Å². The molecule has 0 bridgehead atoms. The molecule has 0 radical (unpaired) electrons. The summed E-state index contributed by atoms with van der Waals surface area (Å²) in [4.78, 5) is 0. The smallest absolute Gasteiger partial charge is 0.141 e. The van der Waals surface area contributed by atoms with E-state index >= 15 is 0 Å². The van der Waals surface area contributed by atoms with Crippen LogP contribution < -0.4 is 9.47 Å². The lowest BCUT2D eigenvalue weighted by Gasteiger charge is -2.10. The van der Waals surface area contributed by atoms with E-state index in [0.29, 0.717) is 13.2 Å². The largest absolute Gasteiger partial charge is 0.490 e. The lowest BCUT2D eigenvalue weighted by atomic mass is 10.2. The van der Waals surface area contributed by atoms with Gasteiger partial charge in [0.2, 0.25) is 0 Å². The number of rotatable bonds is 7. The summed E-state index contributed by atoms with van der Waals surface area (Å²) in [5, 5.41) is 11.6. The van der Waals surface area contributed by atoms with Gasteiger partial charge < -0.3 is 9.47 Å². The number of aromatic nitrogens is 3. The summed E-state index contributed by atoms with van der Waals surface area (Å²) in [6.45, 7) is 2.97. The summed E-state index contributed by atoms with van der Waals surface area (Å²) in [6.07, 6.45) is 4.75. The Bertz CT molecular complexity index is 783. The Morgan fingerprint density at radius 1 is 0.958 bits per heavy atom. The van der Waals surface area contributed by atoms with Crippen molar-refractivity contribution in [3.63, 3.8) is 0 Å². The fourth-order valence-corrected chi connectivity index (χ4v) is 2.05. The number of hydrogen-bond donors (Lipinski definition) is 0. The molecule has 0 amide bonds. The van der Waals surface area contributed by atoms with Crippen LogP contribution in [0.1, 0.15) is 11.1 Å². The second-order valence-electron chi connectivity index (χ2n) is 5.13. The van der Waals surface area contributed by atoms with Gasteiger partial charge in [-0.1, -0.05) is 29.8 Å². The molecule has 24 heavy (non-hydrogen) atoms. The van der Waals surface area contributed by atoms with Crippen LogP contribution in [0.4, 0.5) is 0 Å². The number of benzene rings is 2. The second-order valence-corrected chi connectivity index (χ2v) is 5.13. The third kappa shape index (κ3) is 4.42. The van der Waals surface area contributed by atoms with Gasteiger partial charge in [0.25, 0.3) is 0 Å². The number of para-hydroxylation sites is 1. The van der Waals surface area contributed by atoms with Gasteiger partial charge in [0.05, 0.1) is 6.21 Å². The second kappa shape index (κ2) is 7.92. The van der Waals surface area contributed by atoms with E-state index in [4.69, 9.17) is 9.47 Å². The molecule has 0 fully saturated rings. The number of hydrogen-bond acceptors (Lipinski definition) is 5. The van der Waals surface area contributed by atoms with Crippen LogP contribution in [0.2, 0.25) is 0 Å². The van der Waals surface area contributed by atoms with Crippen LogP contribution in [0.15, 0.2) is 66.3 Å². The number of ether oxygens (including phenoxy) is 2. The Balaban J connectivity index is 1.54. The zero-order valence-electron chi connectivity index (χ0n) is 13.4. The first-order chi connectivity index (χ1) is 11.8. The molecule has 0 aliphatic carbocycles. The highest BCUT2D eigenvalue weighted by Gasteiger charge is 2.01. The van der Waals surface area contributed by atoms with E-state index < -0.39 is 0 Å². The Morgan fingerprint density at radius 3 is 2.46 bits per heavy atom. The minimum Gasteiger partial charge on any atom is -0.490 e. The maximum atomic E-state index is 5.80. The molecule has 0 atom stereocenters. The van der Waals surface area contributed by atoms with E-state index in [-0.39, 0.29) is 0 Å². The van der Waals surface area contributed by atoms with E-state index in [1.807, 2.05) is 55.5 Å². The highest BCUT2D eigenvalue weighted by atomic mass is 16.5. The van der Waals surface area contributed by atoms with Gasteiger partial charge >= 0.3 is 0 Å². The van der Waals surface area contributed by atoms with Crippen molar-refractivity contribution in [1.82, 2.24) is 14.9 Å². The average molecular weight is 322 g/mol. The topological polar surface area (TPSA) is 61.5 Å². The van der Waals surface area contributed by atoms with Crippen molar-refractivity contribution in [1.29, 1.82) is 0 Å². The van der Waals surface area contributed by atoms with Crippen LogP contribution in [-0.4, -0.2) is 34.3 Å². The molecule has 1 aromatic heterocycles. The number of aryl methyl sites for hydroxylation is 1. The molecule has 122 valence electrons. The van der Waals surface area contributed by atoms with Crippen molar-refractivity contribution in [3.8, 4) is 11.5 Å². The quantitative estimate of drug-likeness (QED) is 0.496. The van der Waals surface area contributed by atoms with E-state index in [0.717, 1.165) is 17.1 Å². The van der Waals surface area contributed by atoms with Gasteiger partial charge in [-0.3, -0.25) is 0 Å². The van der Waals surface area contributed by atoms with Crippen LogP contribution in [0, 0.1) is 6.92 Å². The molecule has 0 aliphatic rings. The SMILES string of the molecule is Cc1ccc(OCCOc2ccccc2/C=N/n2cnnc2)cc1. The summed E-state index contributed by atoms with van der Waals surface area (Å²) >= 11 is 0. The van der Waals surface area contributed by atoms with E-state index in [2.05, 4.69) is 15.3 Å². The summed E-state index contributed by atoms with van der Waals surface area (Å²) in [5.74, 6) is 1.59. The van der Waals surface area contributed by atoms with Crippen molar-refractivity contribution < 1.29 is 9.47 Å². The first-order valence-electron chi connectivity index (χ1n) is 7.61. The first-order valence-corrected chi connectivity index (χ1v) is 7.61. The first kappa shape index (κ1) is 15.7. The molecule has 0 N–H and O–H groups in total. The Hall–Kier alpha value is -3.15. The van der Waals surface area contributed by atoms with E-state index in [1.54, 1.807) is 6.21 Å². The Morgan fingerprint density at radius 2 is 1.67 bits per heavy atom. The molecule has 6 heteroatoms. The highest BCUT2D eigenvalue weighted by Crippen LogP contribution is 2.16. The van der Waals surface area contributed by atoms with Gasteiger partial charge in [0, 0.05) is 5.56 Å². The summed E-state index contributed by atoms with van der Waals surface area (Å²) in [6, 6.07) is 15.6. The molecule has 1 heterocycles. The third-order valence-corrected chi connectivity index (χ3v) is 3.29. The Labute approximate surface area is 140 Å². The zero-order chi connectivity index (χ0) is 16.6. The lowest BCUT2D eigenvalue weighted by Crippen LogP contribution is -2.10.